The average molecular weight is 225 g/mol. The van der Waals surface area contributed by atoms with Gasteiger partial charge in [0.2, 0.25) is 0 Å². The van der Waals surface area contributed by atoms with Gasteiger partial charge in [0.15, 0.2) is 0 Å². The zero-order chi connectivity index (χ0) is 12.1. The van der Waals surface area contributed by atoms with Crippen molar-refractivity contribution in [3.8, 4) is 0 Å². The lowest BCUT2D eigenvalue weighted by Crippen LogP contribution is -1.97. The van der Waals surface area contributed by atoms with Gasteiger partial charge >= 0.3 is 0 Å². The van der Waals surface area contributed by atoms with E-state index in [4.69, 9.17) is 5.73 Å². The zero-order valence-corrected chi connectivity index (χ0v) is 11.4. The van der Waals surface area contributed by atoms with Crippen molar-refractivity contribution in [2.24, 2.45) is 5.73 Å². The Balaban J connectivity index is 3.56. The minimum atomic E-state index is 0.719. The van der Waals surface area contributed by atoms with Gasteiger partial charge < -0.3 is 5.73 Å². The molecule has 0 aliphatic heterocycles. The smallest absolute Gasteiger partial charge is 0.0109 e. The van der Waals surface area contributed by atoms with Crippen LogP contribution in [0.15, 0.2) is 11.6 Å². The van der Waals surface area contributed by atoms with Crippen molar-refractivity contribution in [2.75, 3.05) is 6.54 Å². The van der Waals surface area contributed by atoms with Crippen LogP contribution < -0.4 is 5.73 Å². The van der Waals surface area contributed by atoms with E-state index in [2.05, 4.69) is 19.9 Å². The lowest BCUT2D eigenvalue weighted by molar-refractivity contribution is 0.614. The van der Waals surface area contributed by atoms with Gasteiger partial charge in [-0.05, 0) is 25.7 Å². The van der Waals surface area contributed by atoms with Gasteiger partial charge in [0.1, 0.15) is 0 Å². The molecule has 0 aliphatic rings. The molecule has 96 valence electrons. The zero-order valence-electron chi connectivity index (χ0n) is 11.4. The number of rotatable bonds is 11. The fourth-order valence-electron chi connectivity index (χ4n) is 2.05. The highest BCUT2D eigenvalue weighted by Gasteiger charge is 1.97. The molecular weight excluding hydrogens is 194 g/mol. The molecule has 1 heteroatoms. The van der Waals surface area contributed by atoms with Gasteiger partial charge in [0.25, 0.3) is 0 Å². The topological polar surface area (TPSA) is 26.0 Å². The molecule has 0 atom stereocenters. The summed E-state index contributed by atoms with van der Waals surface area (Å²) in [6.45, 7) is 5.25. The van der Waals surface area contributed by atoms with Crippen molar-refractivity contribution in [1.82, 2.24) is 0 Å². The third-order valence-corrected chi connectivity index (χ3v) is 3.11. The van der Waals surface area contributed by atoms with E-state index in [0.29, 0.717) is 0 Å². The molecule has 0 aromatic heterocycles. The second kappa shape index (κ2) is 12.8. The predicted molar refractivity (Wildman–Crippen MR) is 74.7 cm³/mol. The molecule has 0 unspecified atom stereocenters. The van der Waals surface area contributed by atoms with Gasteiger partial charge in [-0.25, -0.2) is 0 Å². The van der Waals surface area contributed by atoms with Gasteiger partial charge in [0, 0.05) is 6.54 Å². The van der Waals surface area contributed by atoms with E-state index in [9.17, 15) is 0 Å². The number of nitrogens with two attached hydrogens (primary N) is 1. The van der Waals surface area contributed by atoms with E-state index in [-0.39, 0.29) is 0 Å². The maximum absolute atomic E-state index is 5.61. The van der Waals surface area contributed by atoms with Crippen LogP contribution in [-0.2, 0) is 0 Å². The first kappa shape index (κ1) is 15.7. The van der Waals surface area contributed by atoms with E-state index < -0.39 is 0 Å². The van der Waals surface area contributed by atoms with Crippen LogP contribution in [-0.4, -0.2) is 6.54 Å². The highest BCUT2D eigenvalue weighted by molar-refractivity contribution is 5.02. The summed E-state index contributed by atoms with van der Waals surface area (Å²) >= 11 is 0. The summed E-state index contributed by atoms with van der Waals surface area (Å²) in [5.41, 5.74) is 7.21. The Labute approximate surface area is 102 Å². The summed E-state index contributed by atoms with van der Waals surface area (Å²) in [5, 5.41) is 0. The lowest BCUT2D eigenvalue weighted by Gasteiger charge is -2.07. The molecule has 2 N–H and O–H groups in total. The van der Waals surface area contributed by atoms with E-state index >= 15 is 0 Å². The maximum atomic E-state index is 5.61. The third kappa shape index (κ3) is 10.2. The monoisotopic (exact) mass is 225 g/mol. The number of hydrogen-bond acceptors (Lipinski definition) is 1. The van der Waals surface area contributed by atoms with Crippen LogP contribution in [0.1, 0.15) is 78.1 Å². The number of unbranched alkanes of at least 4 members (excludes halogenated alkanes) is 6. The summed E-state index contributed by atoms with van der Waals surface area (Å²) in [4.78, 5) is 0. The van der Waals surface area contributed by atoms with Gasteiger partial charge in [-0.2, -0.15) is 0 Å². The van der Waals surface area contributed by atoms with E-state index in [0.717, 1.165) is 6.54 Å². The molecule has 0 aromatic carbocycles. The van der Waals surface area contributed by atoms with Crippen LogP contribution in [0.5, 0.6) is 0 Å². The van der Waals surface area contributed by atoms with Gasteiger partial charge in [-0.3, -0.25) is 0 Å². The van der Waals surface area contributed by atoms with E-state index in [1.54, 1.807) is 5.57 Å². The Hall–Kier alpha value is -0.300. The summed E-state index contributed by atoms with van der Waals surface area (Å²) < 4.78 is 0. The molecule has 0 amide bonds. The predicted octanol–water partition coefficient (Wildman–Crippen LogP) is 4.81. The van der Waals surface area contributed by atoms with Gasteiger partial charge in [-0.15, -0.1) is 0 Å². The summed E-state index contributed by atoms with van der Waals surface area (Å²) in [7, 11) is 0. The van der Waals surface area contributed by atoms with Crippen LogP contribution in [0.25, 0.3) is 0 Å². The van der Waals surface area contributed by atoms with Crippen LogP contribution in [0.2, 0.25) is 0 Å². The first-order chi connectivity index (χ1) is 7.85. The second-order valence-electron chi connectivity index (χ2n) is 4.72. The fraction of sp³-hybridized carbons (Fsp3) is 0.867. The number of hydrogen-bond donors (Lipinski definition) is 1. The van der Waals surface area contributed by atoms with Crippen molar-refractivity contribution < 1.29 is 0 Å². The highest BCUT2D eigenvalue weighted by atomic mass is 14.5. The molecule has 0 aliphatic carbocycles. The standard InChI is InChI=1S/C15H31N/c1-3-5-7-8-10-12-15(13-14-16)11-9-6-4-2/h13H,3-12,14,16H2,1-2H3. The average Bonchev–Trinajstić information content (AvgIpc) is 2.29. The molecular formula is C15H31N. The molecule has 16 heavy (non-hydrogen) atoms. The van der Waals surface area contributed by atoms with Crippen molar-refractivity contribution in [3.63, 3.8) is 0 Å². The largest absolute Gasteiger partial charge is 0.327 e. The minimum absolute atomic E-state index is 0.719. The normalized spacial score (nSPS) is 12.1. The summed E-state index contributed by atoms with van der Waals surface area (Å²) in [5.74, 6) is 0. The van der Waals surface area contributed by atoms with Crippen LogP contribution >= 0.6 is 0 Å². The van der Waals surface area contributed by atoms with Gasteiger partial charge in [0.05, 0.1) is 0 Å². The molecule has 0 bridgehead atoms. The molecule has 0 heterocycles. The SMILES string of the molecule is CCCCCCCC(=CCN)CCCCC. The molecule has 0 saturated carbocycles. The molecule has 0 rings (SSSR count). The van der Waals surface area contributed by atoms with Crippen molar-refractivity contribution >= 4 is 0 Å². The first-order valence-corrected chi connectivity index (χ1v) is 7.23. The molecule has 1 nitrogen and oxygen atoms in total. The molecule has 0 aromatic rings. The Bertz CT molecular complexity index is 161. The molecule has 0 spiro atoms. The summed E-state index contributed by atoms with van der Waals surface area (Å²) in [6.07, 6.45) is 15.7. The van der Waals surface area contributed by atoms with Crippen molar-refractivity contribution in [2.45, 2.75) is 78.1 Å². The highest BCUT2D eigenvalue weighted by Crippen LogP contribution is 2.16. The Morgan fingerprint density at radius 2 is 1.31 bits per heavy atom. The molecule has 0 fully saturated rings. The van der Waals surface area contributed by atoms with Crippen molar-refractivity contribution in [1.29, 1.82) is 0 Å². The lowest BCUT2D eigenvalue weighted by atomic mass is 10.0. The van der Waals surface area contributed by atoms with Crippen LogP contribution in [0, 0.1) is 0 Å². The van der Waals surface area contributed by atoms with Crippen molar-refractivity contribution in [3.05, 3.63) is 11.6 Å². The maximum Gasteiger partial charge on any atom is 0.0109 e. The second-order valence-corrected chi connectivity index (χ2v) is 4.72. The first-order valence-electron chi connectivity index (χ1n) is 7.23. The molecule has 0 radical (unpaired) electrons. The van der Waals surface area contributed by atoms with E-state index in [1.165, 1.54) is 64.2 Å². The van der Waals surface area contributed by atoms with E-state index in [1.807, 2.05) is 0 Å². The number of allylic oxidation sites excluding steroid dienone is 1. The Kier molecular flexibility index (Phi) is 12.5. The Morgan fingerprint density at radius 1 is 0.812 bits per heavy atom. The van der Waals surface area contributed by atoms with Crippen LogP contribution in [0.3, 0.4) is 0 Å². The quantitative estimate of drug-likeness (QED) is 0.396. The molecule has 0 saturated heterocycles. The van der Waals surface area contributed by atoms with Gasteiger partial charge in [-0.1, -0.05) is 64.0 Å². The minimum Gasteiger partial charge on any atom is -0.327 e. The summed E-state index contributed by atoms with van der Waals surface area (Å²) in [6, 6.07) is 0. The Morgan fingerprint density at radius 3 is 1.88 bits per heavy atom. The third-order valence-electron chi connectivity index (χ3n) is 3.11. The fourth-order valence-corrected chi connectivity index (χ4v) is 2.05. The van der Waals surface area contributed by atoms with Crippen LogP contribution in [0.4, 0.5) is 0 Å².